The highest BCUT2D eigenvalue weighted by molar-refractivity contribution is 5.62. The predicted octanol–water partition coefficient (Wildman–Crippen LogP) is 2.04. The number of methoxy groups -OCH3 is 1. The molecule has 21 heavy (non-hydrogen) atoms. The van der Waals surface area contributed by atoms with Gasteiger partial charge in [0.05, 0.1) is 23.9 Å². The van der Waals surface area contributed by atoms with Crippen molar-refractivity contribution in [3.05, 3.63) is 23.8 Å². The molecule has 114 valence electrons. The molecule has 1 aromatic heterocycles. The Morgan fingerprint density at radius 3 is 2.62 bits per heavy atom. The van der Waals surface area contributed by atoms with Crippen molar-refractivity contribution in [1.82, 2.24) is 20.2 Å². The van der Waals surface area contributed by atoms with Crippen LogP contribution < -0.4 is 5.73 Å². The third-order valence-corrected chi connectivity index (χ3v) is 3.24. The molecule has 0 radical (unpaired) electrons. The Hall–Kier alpha value is -2.09. The lowest BCUT2D eigenvalue weighted by atomic mass is 10.0. The van der Waals surface area contributed by atoms with E-state index in [0.717, 1.165) is 6.07 Å². The molecule has 1 heterocycles. The Labute approximate surface area is 120 Å². The van der Waals surface area contributed by atoms with Crippen LogP contribution in [-0.2, 0) is 4.74 Å². The lowest BCUT2D eigenvalue weighted by Gasteiger charge is -2.21. The molecular formula is C13H17F2N5O. The van der Waals surface area contributed by atoms with Crippen molar-refractivity contribution < 1.29 is 13.5 Å². The highest BCUT2D eigenvalue weighted by Gasteiger charge is 2.24. The van der Waals surface area contributed by atoms with Gasteiger partial charge >= 0.3 is 0 Å². The van der Waals surface area contributed by atoms with E-state index >= 15 is 0 Å². The maximum absolute atomic E-state index is 14.0. The van der Waals surface area contributed by atoms with E-state index in [1.807, 2.05) is 13.8 Å². The first kappa shape index (κ1) is 15.3. The van der Waals surface area contributed by atoms with Crippen LogP contribution in [0.3, 0.4) is 0 Å². The summed E-state index contributed by atoms with van der Waals surface area (Å²) >= 11 is 0. The minimum Gasteiger partial charge on any atom is -0.396 e. The number of ether oxygens (including phenoxy) is 1. The molecule has 0 fully saturated rings. The Morgan fingerprint density at radius 2 is 2.00 bits per heavy atom. The largest absolute Gasteiger partial charge is 0.396 e. The molecule has 0 aliphatic carbocycles. The summed E-state index contributed by atoms with van der Waals surface area (Å²) < 4.78 is 33.9. The Balaban J connectivity index is 2.52. The van der Waals surface area contributed by atoms with Crippen LogP contribution in [0.1, 0.15) is 19.9 Å². The van der Waals surface area contributed by atoms with Crippen LogP contribution >= 0.6 is 0 Å². The van der Waals surface area contributed by atoms with Gasteiger partial charge in [0, 0.05) is 13.2 Å². The van der Waals surface area contributed by atoms with Crippen LogP contribution in [-0.4, -0.2) is 33.9 Å². The van der Waals surface area contributed by atoms with E-state index in [-0.39, 0.29) is 29.0 Å². The summed E-state index contributed by atoms with van der Waals surface area (Å²) in [5, 5.41) is 11.3. The predicted molar refractivity (Wildman–Crippen MR) is 73.3 cm³/mol. The average molecular weight is 297 g/mol. The smallest absolute Gasteiger partial charge is 0.185 e. The van der Waals surface area contributed by atoms with Crippen molar-refractivity contribution in [3.8, 4) is 11.4 Å². The highest BCUT2D eigenvalue weighted by atomic mass is 19.1. The molecule has 1 atom stereocenters. The van der Waals surface area contributed by atoms with Gasteiger partial charge in [0.25, 0.3) is 0 Å². The monoisotopic (exact) mass is 297 g/mol. The van der Waals surface area contributed by atoms with Gasteiger partial charge in [-0.1, -0.05) is 13.8 Å². The fraction of sp³-hybridized carbons (Fsp3) is 0.462. The number of benzene rings is 1. The summed E-state index contributed by atoms with van der Waals surface area (Å²) in [7, 11) is 1.57. The fourth-order valence-corrected chi connectivity index (χ4v) is 2.05. The molecule has 2 N–H and O–H groups in total. The summed E-state index contributed by atoms with van der Waals surface area (Å²) in [4.78, 5) is 0. The number of hydrogen-bond acceptors (Lipinski definition) is 5. The molecule has 0 spiro atoms. The summed E-state index contributed by atoms with van der Waals surface area (Å²) in [6.45, 7) is 4.32. The van der Waals surface area contributed by atoms with E-state index < -0.39 is 11.6 Å². The van der Waals surface area contributed by atoms with E-state index in [9.17, 15) is 8.78 Å². The number of rotatable bonds is 5. The van der Waals surface area contributed by atoms with Crippen molar-refractivity contribution in [2.45, 2.75) is 19.9 Å². The van der Waals surface area contributed by atoms with Crippen LogP contribution in [0.5, 0.6) is 0 Å². The molecule has 0 saturated carbocycles. The zero-order valence-electron chi connectivity index (χ0n) is 12.0. The number of nitrogens with zero attached hydrogens (tertiary/aromatic N) is 4. The van der Waals surface area contributed by atoms with Crippen LogP contribution in [0, 0.1) is 17.6 Å². The van der Waals surface area contributed by atoms with Gasteiger partial charge in [-0.2, -0.15) is 0 Å². The first-order valence-electron chi connectivity index (χ1n) is 6.47. The maximum atomic E-state index is 14.0. The molecule has 0 saturated heterocycles. The lowest BCUT2D eigenvalue weighted by Crippen LogP contribution is -2.22. The van der Waals surface area contributed by atoms with Crippen LogP contribution in [0.15, 0.2) is 12.1 Å². The van der Waals surface area contributed by atoms with Gasteiger partial charge in [0.2, 0.25) is 0 Å². The molecule has 8 heteroatoms. The zero-order chi connectivity index (χ0) is 15.6. The number of anilines is 1. The third kappa shape index (κ3) is 2.99. The zero-order valence-corrected chi connectivity index (χ0v) is 12.0. The van der Waals surface area contributed by atoms with Crippen molar-refractivity contribution >= 4 is 5.69 Å². The first-order valence-corrected chi connectivity index (χ1v) is 6.47. The quantitative estimate of drug-likeness (QED) is 0.854. The number of hydrogen-bond donors (Lipinski definition) is 1. The molecule has 2 rings (SSSR count). The molecule has 0 amide bonds. The number of halogens is 2. The summed E-state index contributed by atoms with van der Waals surface area (Å²) in [5.41, 5.74) is 5.39. The van der Waals surface area contributed by atoms with Gasteiger partial charge in [0.15, 0.2) is 5.82 Å². The minimum absolute atomic E-state index is 0.0562. The molecular weight excluding hydrogens is 280 g/mol. The van der Waals surface area contributed by atoms with E-state index in [2.05, 4.69) is 15.5 Å². The highest BCUT2D eigenvalue weighted by Crippen LogP contribution is 2.28. The second-order valence-corrected chi connectivity index (χ2v) is 5.07. The van der Waals surface area contributed by atoms with Gasteiger partial charge in [-0.3, -0.25) is 0 Å². The molecule has 2 aromatic rings. The van der Waals surface area contributed by atoms with E-state index in [1.165, 1.54) is 10.7 Å². The lowest BCUT2D eigenvalue weighted by molar-refractivity contribution is 0.126. The molecule has 0 aliphatic rings. The van der Waals surface area contributed by atoms with Crippen molar-refractivity contribution in [1.29, 1.82) is 0 Å². The third-order valence-electron chi connectivity index (χ3n) is 3.24. The Bertz CT molecular complexity index is 629. The second kappa shape index (κ2) is 6.13. The van der Waals surface area contributed by atoms with Crippen LogP contribution in [0.2, 0.25) is 0 Å². The van der Waals surface area contributed by atoms with Crippen molar-refractivity contribution in [3.63, 3.8) is 0 Å². The topological polar surface area (TPSA) is 78.8 Å². The summed E-state index contributed by atoms with van der Waals surface area (Å²) in [5.74, 6) is -1.23. The first-order chi connectivity index (χ1) is 9.95. The number of tetrazole rings is 1. The number of nitrogen functional groups attached to an aromatic ring is 1. The van der Waals surface area contributed by atoms with Gasteiger partial charge in [-0.05, 0) is 22.4 Å². The summed E-state index contributed by atoms with van der Waals surface area (Å²) in [6.07, 6.45) is 0. The Kier molecular flexibility index (Phi) is 4.46. The van der Waals surface area contributed by atoms with Gasteiger partial charge < -0.3 is 10.5 Å². The van der Waals surface area contributed by atoms with Crippen LogP contribution in [0.25, 0.3) is 11.4 Å². The van der Waals surface area contributed by atoms with Gasteiger partial charge in [-0.25, -0.2) is 13.5 Å². The molecule has 0 bridgehead atoms. The number of aromatic nitrogens is 4. The molecule has 6 nitrogen and oxygen atoms in total. The molecule has 0 aliphatic heterocycles. The normalized spacial score (nSPS) is 12.9. The maximum Gasteiger partial charge on any atom is 0.185 e. The van der Waals surface area contributed by atoms with Crippen molar-refractivity contribution in [2.75, 3.05) is 19.5 Å². The second-order valence-electron chi connectivity index (χ2n) is 5.07. The molecule has 1 unspecified atom stereocenters. The van der Waals surface area contributed by atoms with E-state index in [0.29, 0.717) is 6.61 Å². The number of nitrogens with two attached hydrogens (primary N) is 1. The Morgan fingerprint density at radius 1 is 1.29 bits per heavy atom. The summed E-state index contributed by atoms with van der Waals surface area (Å²) in [6, 6.07) is 1.74. The fourth-order valence-electron chi connectivity index (χ4n) is 2.05. The van der Waals surface area contributed by atoms with E-state index in [1.54, 1.807) is 7.11 Å². The standard InChI is InChI=1S/C13H17F2N5O/c1-7(2)12(6-21-3)20-13(17-18-19-20)8-4-11(16)10(15)5-9(8)14/h4-5,7,12H,6,16H2,1-3H3. The van der Waals surface area contributed by atoms with Gasteiger partial charge in [-0.15, -0.1) is 5.10 Å². The average Bonchev–Trinajstić information content (AvgIpc) is 2.88. The van der Waals surface area contributed by atoms with Crippen molar-refractivity contribution in [2.24, 2.45) is 5.92 Å². The SMILES string of the molecule is COCC(C(C)C)n1nnnc1-c1cc(N)c(F)cc1F. The minimum atomic E-state index is -0.812. The van der Waals surface area contributed by atoms with Crippen LogP contribution in [0.4, 0.5) is 14.5 Å². The molecule has 1 aromatic carbocycles. The van der Waals surface area contributed by atoms with Gasteiger partial charge in [0.1, 0.15) is 11.6 Å². The van der Waals surface area contributed by atoms with E-state index in [4.69, 9.17) is 10.5 Å².